The van der Waals surface area contributed by atoms with Crippen molar-refractivity contribution in [1.82, 2.24) is 10.2 Å². The number of rotatable bonds is 8. The number of carboxylic acid groups (broad SMARTS) is 1. The average molecular weight is 357 g/mol. The van der Waals surface area contributed by atoms with Crippen LogP contribution in [-0.4, -0.2) is 48.7 Å². The molecule has 26 heavy (non-hydrogen) atoms. The molecule has 0 heterocycles. The lowest BCUT2D eigenvalue weighted by Crippen LogP contribution is -2.44. The zero-order valence-electron chi connectivity index (χ0n) is 14.8. The van der Waals surface area contributed by atoms with Crippen molar-refractivity contribution in [3.63, 3.8) is 0 Å². The number of ether oxygens (including phenoxy) is 1. The lowest BCUT2D eigenvalue weighted by Gasteiger charge is -2.21. The minimum Gasteiger partial charge on any atom is -0.481 e. The Morgan fingerprint density at radius 3 is 2.42 bits per heavy atom. The van der Waals surface area contributed by atoms with Crippen molar-refractivity contribution in [3.05, 3.63) is 54.6 Å². The number of anilines is 1. The van der Waals surface area contributed by atoms with Gasteiger partial charge in [-0.05, 0) is 38.4 Å². The van der Waals surface area contributed by atoms with Gasteiger partial charge in [0, 0.05) is 18.3 Å². The van der Waals surface area contributed by atoms with Gasteiger partial charge in [-0.1, -0.05) is 24.3 Å². The van der Waals surface area contributed by atoms with Gasteiger partial charge in [-0.15, -0.1) is 0 Å². The third kappa shape index (κ3) is 6.82. The summed E-state index contributed by atoms with van der Waals surface area (Å²) in [5.41, 5.74) is 0.551. The number of aliphatic carboxylic acids is 1. The largest absolute Gasteiger partial charge is 0.481 e. The standard InChI is InChI=1S/C19H23N3O4/c1-22(2)13-15(12-18(23)24)21-19(25)20-14-7-6-10-17(11-14)26-16-8-4-3-5-9-16/h3-11,15H,12-13H2,1-2H3,(H,23,24)(H2,20,21,25)/t15-/m1/s1. The number of benzene rings is 2. The molecule has 0 bridgehead atoms. The summed E-state index contributed by atoms with van der Waals surface area (Å²) in [6.07, 6.45) is -0.150. The first kappa shape index (κ1) is 19.3. The van der Waals surface area contributed by atoms with Crippen LogP contribution in [0.5, 0.6) is 11.5 Å². The molecule has 0 unspecified atom stereocenters. The molecule has 0 fully saturated rings. The highest BCUT2D eigenvalue weighted by Gasteiger charge is 2.17. The van der Waals surface area contributed by atoms with Gasteiger partial charge in [-0.2, -0.15) is 0 Å². The zero-order chi connectivity index (χ0) is 18.9. The van der Waals surface area contributed by atoms with Gasteiger partial charge in [0.1, 0.15) is 11.5 Å². The normalized spacial score (nSPS) is 11.7. The van der Waals surface area contributed by atoms with Gasteiger partial charge in [-0.3, -0.25) is 4.79 Å². The van der Waals surface area contributed by atoms with E-state index in [2.05, 4.69) is 10.6 Å². The van der Waals surface area contributed by atoms with Crippen LogP contribution in [0, 0.1) is 0 Å². The molecular formula is C19H23N3O4. The molecule has 3 N–H and O–H groups in total. The highest BCUT2D eigenvalue weighted by atomic mass is 16.5. The molecule has 7 heteroatoms. The Morgan fingerprint density at radius 2 is 1.77 bits per heavy atom. The predicted octanol–water partition coefficient (Wildman–Crippen LogP) is 3.01. The van der Waals surface area contributed by atoms with Crippen molar-refractivity contribution >= 4 is 17.7 Å². The summed E-state index contributed by atoms with van der Waals surface area (Å²) >= 11 is 0. The molecule has 0 saturated heterocycles. The van der Waals surface area contributed by atoms with E-state index in [4.69, 9.17) is 9.84 Å². The van der Waals surface area contributed by atoms with Crippen LogP contribution in [0.15, 0.2) is 54.6 Å². The van der Waals surface area contributed by atoms with E-state index in [1.54, 1.807) is 24.3 Å². The molecule has 0 saturated carbocycles. The molecule has 2 aromatic rings. The number of carbonyl (C=O) groups is 2. The van der Waals surface area contributed by atoms with Crippen molar-refractivity contribution in [3.8, 4) is 11.5 Å². The monoisotopic (exact) mass is 357 g/mol. The number of nitrogens with one attached hydrogen (secondary N) is 2. The third-order valence-electron chi connectivity index (χ3n) is 3.41. The predicted molar refractivity (Wildman–Crippen MR) is 99.7 cm³/mol. The number of para-hydroxylation sites is 1. The van der Waals surface area contributed by atoms with Crippen molar-refractivity contribution < 1.29 is 19.4 Å². The molecule has 0 spiro atoms. The summed E-state index contributed by atoms with van der Waals surface area (Å²) in [5, 5.41) is 14.4. The molecule has 2 aromatic carbocycles. The van der Waals surface area contributed by atoms with E-state index in [9.17, 15) is 9.59 Å². The van der Waals surface area contributed by atoms with Crippen LogP contribution in [-0.2, 0) is 4.79 Å². The van der Waals surface area contributed by atoms with Crippen molar-refractivity contribution in [2.24, 2.45) is 0 Å². The van der Waals surface area contributed by atoms with Crippen LogP contribution >= 0.6 is 0 Å². The average Bonchev–Trinajstić information content (AvgIpc) is 2.54. The number of hydrogen-bond donors (Lipinski definition) is 3. The van der Waals surface area contributed by atoms with E-state index >= 15 is 0 Å². The second-order valence-corrected chi connectivity index (χ2v) is 6.10. The molecule has 0 aliphatic rings. The van der Waals surface area contributed by atoms with E-state index < -0.39 is 18.0 Å². The minimum atomic E-state index is -0.963. The summed E-state index contributed by atoms with van der Waals surface area (Å²) in [5.74, 6) is 0.321. The Morgan fingerprint density at radius 1 is 1.08 bits per heavy atom. The maximum Gasteiger partial charge on any atom is 0.319 e. The maximum atomic E-state index is 12.2. The van der Waals surface area contributed by atoms with E-state index in [0.29, 0.717) is 23.7 Å². The molecule has 0 aliphatic heterocycles. The third-order valence-corrected chi connectivity index (χ3v) is 3.41. The highest BCUT2D eigenvalue weighted by molar-refractivity contribution is 5.90. The molecule has 0 aliphatic carbocycles. The number of hydrogen-bond acceptors (Lipinski definition) is 4. The molecule has 1 atom stereocenters. The summed E-state index contributed by atoms with van der Waals surface area (Å²) < 4.78 is 5.73. The van der Waals surface area contributed by atoms with Gasteiger partial charge in [0.05, 0.1) is 12.5 Å². The summed E-state index contributed by atoms with van der Waals surface area (Å²) in [6, 6.07) is 15.3. The highest BCUT2D eigenvalue weighted by Crippen LogP contribution is 2.23. The van der Waals surface area contributed by atoms with E-state index in [0.717, 1.165) is 0 Å². The van der Waals surface area contributed by atoms with Crippen molar-refractivity contribution in [1.29, 1.82) is 0 Å². The Hall–Kier alpha value is -3.06. The van der Waals surface area contributed by atoms with Crippen molar-refractivity contribution in [2.75, 3.05) is 26.0 Å². The number of amides is 2. The van der Waals surface area contributed by atoms with Crippen LogP contribution in [0.1, 0.15) is 6.42 Å². The molecule has 138 valence electrons. The second kappa shape index (κ2) is 9.43. The van der Waals surface area contributed by atoms with Crippen LogP contribution in [0.3, 0.4) is 0 Å². The molecule has 0 aromatic heterocycles. The summed E-state index contributed by atoms with van der Waals surface area (Å²) in [7, 11) is 3.64. The quantitative estimate of drug-likeness (QED) is 0.676. The molecular weight excluding hydrogens is 334 g/mol. The first-order valence-corrected chi connectivity index (χ1v) is 8.19. The Labute approximate surface area is 152 Å². The van der Waals surface area contributed by atoms with Gasteiger partial charge >= 0.3 is 12.0 Å². The number of carbonyl (C=O) groups excluding carboxylic acids is 1. The van der Waals surface area contributed by atoms with Crippen LogP contribution < -0.4 is 15.4 Å². The Balaban J connectivity index is 1.97. The van der Waals surface area contributed by atoms with E-state index in [1.165, 1.54) is 0 Å². The van der Waals surface area contributed by atoms with Crippen LogP contribution in [0.2, 0.25) is 0 Å². The fraction of sp³-hybridized carbons (Fsp3) is 0.263. The summed E-state index contributed by atoms with van der Waals surface area (Å²) in [6.45, 7) is 0.427. The molecule has 0 radical (unpaired) electrons. The second-order valence-electron chi connectivity index (χ2n) is 6.10. The van der Waals surface area contributed by atoms with Gasteiger partial charge < -0.3 is 25.4 Å². The topological polar surface area (TPSA) is 90.9 Å². The number of urea groups is 1. The number of carboxylic acids is 1. The minimum absolute atomic E-state index is 0.150. The van der Waals surface area contributed by atoms with E-state index in [-0.39, 0.29) is 6.42 Å². The maximum absolute atomic E-state index is 12.2. The summed E-state index contributed by atoms with van der Waals surface area (Å²) in [4.78, 5) is 24.9. The van der Waals surface area contributed by atoms with Crippen LogP contribution in [0.25, 0.3) is 0 Å². The number of likely N-dealkylation sites (N-methyl/N-ethyl adjacent to an activating group) is 1. The first-order chi connectivity index (χ1) is 12.4. The van der Waals surface area contributed by atoms with Gasteiger partial charge in [0.25, 0.3) is 0 Å². The number of nitrogens with zero attached hydrogens (tertiary/aromatic N) is 1. The van der Waals surface area contributed by atoms with Gasteiger partial charge in [0.15, 0.2) is 0 Å². The molecule has 2 amide bonds. The Bertz CT molecular complexity index is 735. The Kier molecular flexibility index (Phi) is 6.99. The SMILES string of the molecule is CN(C)C[C@@H](CC(=O)O)NC(=O)Nc1cccc(Oc2ccccc2)c1. The van der Waals surface area contributed by atoms with Crippen LogP contribution in [0.4, 0.5) is 10.5 Å². The molecule has 2 rings (SSSR count). The fourth-order valence-electron chi connectivity index (χ4n) is 2.43. The lowest BCUT2D eigenvalue weighted by molar-refractivity contribution is -0.137. The lowest BCUT2D eigenvalue weighted by atomic mass is 10.2. The fourth-order valence-corrected chi connectivity index (χ4v) is 2.43. The zero-order valence-corrected chi connectivity index (χ0v) is 14.8. The van der Waals surface area contributed by atoms with E-state index in [1.807, 2.05) is 49.3 Å². The van der Waals surface area contributed by atoms with Gasteiger partial charge in [-0.25, -0.2) is 4.79 Å². The first-order valence-electron chi connectivity index (χ1n) is 8.19. The molecule has 7 nitrogen and oxygen atoms in total. The van der Waals surface area contributed by atoms with Crippen molar-refractivity contribution in [2.45, 2.75) is 12.5 Å². The van der Waals surface area contributed by atoms with Gasteiger partial charge in [0.2, 0.25) is 0 Å². The smallest absolute Gasteiger partial charge is 0.319 e.